The van der Waals surface area contributed by atoms with Gasteiger partial charge in [0.2, 0.25) is 11.0 Å². The van der Waals surface area contributed by atoms with Crippen LogP contribution in [-0.4, -0.2) is 35.4 Å². The van der Waals surface area contributed by atoms with Crippen LogP contribution in [0.2, 0.25) is 0 Å². The molecule has 2 heterocycles. The molecule has 128 valence electrons. The van der Waals surface area contributed by atoms with Crippen LogP contribution in [0.3, 0.4) is 0 Å². The minimum atomic E-state index is -0.374. The highest BCUT2D eigenvalue weighted by Gasteiger charge is 2.19. The number of hydrogen-bond donors (Lipinski definition) is 2. The Hall–Kier alpha value is -2.35. The molecule has 1 aromatic carbocycles. The van der Waals surface area contributed by atoms with Gasteiger partial charge in [-0.05, 0) is 25.0 Å². The molecule has 1 aliphatic rings. The first kappa shape index (κ1) is 16.5. The molecule has 3 rings (SSSR count). The largest absolute Gasteiger partial charge is 0.486 e. The Balaban J connectivity index is 1.66. The first-order valence-corrected chi connectivity index (χ1v) is 8.80. The second-order valence-electron chi connectivity index (χ2n) is 5.31. The summed E-state index contributed by atoms with van der Waals surface area (Å²) in [6, 6.07) is 5.20. The lowest BCUT2D eigenvalue weighted by Crippen LogP contribution is -2.34. The molecule has 8 heteroatoms. The minimum Gasteiger partial charge on any atom is -0.486 e. The van der Waals surface area contributed by atoms with Gasteiger partial charge in [0, 0.05) is 11.8 Å². The maximum absolute atomic E-state index is 12.4. The second kappa shape index (κ2) is 7.48. The first-order chi connectivity index (χ1) is 11.7. The van der Waals surface area contributed by atoms with Gasteiger partial charge in [0.25, 0.3) is 0 Å². The molecule has 0 fully saturated rings. The van der Waals surface area contributed by atoms with Crippen molar-refractivity contribution in [3.05, 3.63) is 23.2 Å². The van der Waals surface area contributed by atoms with Gasteiger partial charge < -0.3 is 14.8 Å². The third-order valence-corrected chi connectivity index (χ3v) is 4.59. The van der Waals surface area contributed by atoms with E-state index in [4.69, 9.17) is 9.47 Å². The van der Waals surface area contributed by atoms with Gasteiger partial charge in [-0.25, -0.2) is 0 Å². The van der Waals surface area contributed by atoms with Gasteiger partial charge in [-0.2, -0.15) is 0 Å². The Labute approximate surface area is 144 Å². The lowest BCUT2D eigenvalue weighted by atomic mass is 10.2. The molecule has 0 spiro atoms. The van der Waals surface area contributed by atoms with Crippen LogP contribution in [0.5, 0.6) is 11.5 Å². The summed E-state index contributed by atoms with van der Waals surface area (Å²) in [5, 5.41) is 15.5. The SMILES string of the molecule is CCc1nnc(NC(=O)[C@@H](CC)Nc2ccc3c(c2)OCCO3)s1. The van der Waals surface area contributed by atoms with Crippen molar-refractivity contribution in [3.63, 3.8) is 0 Å². The lowest BCUT2D eigenvalue weighted by Gasteiger charge is -2.21. The van der Waals surface area contributed by atoms with E-state index in [9.17, 15) is 4.79 Å². The molecule has 2 aromatic rings. The number of hydrogen-bond acceptors (Lipinski definition) is 7. The number of anilines is 2. The average Bonchev–Trinajstić information content (AvgIpc) is 3.07. The lowest BCUT2D eigenvalue weighted by molar-refractivity contribution is -0.117. The van der Waals surface area contributed by atoms with Crippen molar-refractivity contribution in [3.8, 4) is 11.5 Å². The molecule has 2 N–H and O–H groups in total. The van der Waals surface area contributed by atoms with E-state index in [0.717, 1.165) is 22.9 Å². The highest BCUT2D eigenvalue weighted by molar-refractivity contribution is 7.15. The van der Waals surface area contributed by atoms with E-state index in [1.807, 2.05) is 32.0 Å². The first-order valence-electron chi connectivity index (χ1n) is 7.99. The molecule has 1 aliphatic heterocycles. The van der Waals surface area contributed by atoms with Crippen LogP contribution < -0.4 is 20.1 Å². The van der Waals surface area contributed by atoms with Crippen molar-refractivity contribution in [2.75, 3.05) is 23.8 Å². The number of ether oxygens (including phenoxy) is 2. The number of nitrogens with zero attached hydrogens (tertiary/aromatic N) is 2. The van der Waals surface area contributed by atoms with Crippen molar-refractivity contribution >= 4 is 28.1 Å². The fourth-order valence-electron chi connectivity index (χ4n) is 2.33. The Bertz CT molecular complexity index is 719. The smallest absolute Gasteiger partial charge is 0.248 e. The molecule has 0 bridgehead atoms. The quantitative estimate of drug-likeness (QED) is 0.835. The molecule has 0 saturated heterocycles. The van der Waals surface area contributed by atoms with Gasteiger partial charge in [0.1, 0.15) is 24.3 Å². The van der Waals surface area contributed by atoms with Crippen LogP contribution in [0.4, 0.5) is 10.8 Å². The third-order valence-electron chi connectivity index (χ3n) is 3.61. The van der Waals surface area contributed by atoms with E-state index in [2.05, 4.69) is 20.8 Å². The van der Waals surface area contributed by atoms with Gasteiger partial charge in [-0.15, -0.1) is 10.2 Å². The number of carbonyl (C=O) groups is 1. The predicted molar refractivity (Wildman–Crippen MR) is 93.1 cm³/mol. The van der Waals surface area contributed by atoms with E-state index >= 15 is 0 Å². The summed E-state index contributed by atoms with van der Waals surface area (Å²) in [4.78, 5) is 12.4. The summed E-state index contributed by atoms with van der Waals surface area (Å²) in [6.07, 6.45) is 1.44. The maximum Gasteiger partial charge on any atom is 0.248 e. The normalized spacial score (nSPS) is 14.1. The monoisotopic (exact) mass is 348 g/mol. The Morgan fingerprint density at radius 1 is 1.25 bits per heavy atom. The molecular formula is C16H20N4O3S. The maximum atomic E-state index is 12.4. The molecule has 0 radical (unpaired) electrons. The summed E-state index contributed by atoms with van der Waals surface area (Å²) in [7, 11) is 0. The zero-order chi connectivity index (χ0) is 16.9. The highest BCUT2D eigenvalue weighted by atomic mass is 32.1. The predicted octanol–water partition coefficient (Wildman–Crippen LogP) is 2.70. The zero-order valence-electron chi connectivity index (χ0n) is 13.7. The van der Waals surface area contributed by atoms with E-state index in [1.165, 1.54) is 11.3 Å². The highest BCUT2D eigenvalue weighted by Crippen LogP contribution is 2.33. The van der Waals surface area contributed by atoms with E-state index < -0.39 is 0 Å². The number of aromatic nitrogens is 2. The summed E-state index contributed by atoms with van der Waals surface area (Å²) in [5.74, 6) is 1.29. The minimum absolute atomic E-state index is 0.133. The number of carbonyl (C=O) groups excluding carboxylic acids is 1. The Kier molecular flexibility index (Phi) is 5.14. The van der Waals surface area contributed by atoms with E-state index in [1.54, 1.807) is 0 Å². The molecule has 0 saturated carbocycles. The fourth-order valence-corrected chi connectivity index (χ4v) is 3.01. The van der Waals surface area contributed by atoms with Gasteiger partial charge >= 0.3 is 0 Å². The van der Waals surface area contributed by atoms with Gasteiger partial charge in [0.15, 0.2) is 11.5 Å². The van der Waals surface area contributed by atoms with Crippen molar-refractivity contribution < 1.29 is 14.3 Å². The fraction of sp³-hybridized carbons (Fsp3) is 0.438. The molecule has 1 aromatic heterocycles. The zero-order valence-corrected chi connectivity index (χ0v) is 14.5. The van der Waals surface area contributed by atoms with Gasteiger partial charge in [-0.3, -0.25) is 10.1 Å². The molecule has 0 unspecified atom stereocenters. The van der Waals surface area contributed by atoms with Crippen LogP contribution in [0, 0.1) is 0 Å². The summed E-state index contributed by atoms with van der Waals surface area (Å²) in [6.45, 7) is 5.05. The number of amides is 1. The number of nitrogens with one attached hydrogen (secondary N) is 2. The molecule has 0 aliphatic carbocycles. The number of fused-ring (bicyclic) bond motifs is 1. The Morgan fingerprint density at radius 3 is 2.75 bits per heavy atom. The molecule has 7 nitrogen and oxygen atoms in total. The van der Waals surface area contributed by atoms with Crippen molar-refractivity contribution in [2.24, 2.45) is 0 Å². The second-order valence-corrected chi connectivity index (χ2v) is 6.37. The van der Waals surface area contributed by atoms with Gasteiger partial charge in [-0.1, -0.05) is 25.2 Å². The average molecular weight is 348 g/mol. The van der Waals surface area contributed by atoms with Crippen LogP contribution in [0.25, 0.3) is 0 Å². The van der Waals surface area contributed by atoms with Gasteiger partial charge in [0.05, 0.1) is 0 Å². The van der Waals surface area contributed by atoms with Crippen molar-refractivity contribution in [1.82, 2.24) is 10.2 Å². The van der Waals surface area contributed by atoms with Crippen molar-refractivity contribution in [2.45, 2.75) is 32.7 Å². The molecule has 1 amide bonds. The topological polar surface area (TPSA) is 85.4 Å². The summed E-state index contributed by atoms with van der Waals surface area (Å²) >= 11 is 1.40. The van der Waals surface area contributed by atoms with E-state index in [-0.39, 0.29) is 11.9 Å². The van der Waals surface area contributed by atoms with Crippen LogP contribution >= 0.6 is 11.3 Å². The Morgan fingerprint density at radius 2 is 2.04 bits per heavy atom. The molecule has 1 atom stereocenters. The van der Waals surface area contributed by atoms with Crippen LogP contribution in [0.1, 0.15) is 25.3 Å². The van der Waals surface area contributed by atoms with Crippen LogP contribution in [0.15, 0.2) is 18.2 Å². The number of benzene rings is 1. The summed E-state index contributed by atoms with van der Waals surface area (Å²) < 4.78 is 11.1. The van der Waals surface area contributed by atoms with Crippen molar-refractivity contribution in [1.29, 1.82) is 0 Å². The molecular weight excluding hydrogens is 328 g/mol. The standard InChI is InChI=1S/C16H20N4O3S/c1-3-11(15(21)18-16-20-19-14(4-2)24-16)17-10-5-6-12-13(9-10)23-8-7-22-12/h5-6,9,11,17H,3-4,7-8H2,1-2H3,(H,18,20,21)/t11-/m1/s1. The third kappa shape index (κ3) is 3.76. The molecule has 24 heavy (non-hydrogen) atoms. The number of aryl methyl sites for hydroxylation is 1. The van der Waals surface area contributed by atoms with Crippen LogP contribution in [-0.2, 0) is 11.2 Å². The number of rotatable bonds is 6. The van der Waals surface area contributed by atoms with E-state index in [0.29, 0.717) is 30.5 Å². The summed E-state index contributed by atoms with van der Waals surface area (Å²) in [5.41, 5.74) is 0.813.